The predicted molar refractivity (Wildman–Crippen MR) is 74.1 cm³/mol. The molecule has 0 radical (unpaired) electrons. The molecule has 1 aliphatic heterocycles. The number of sulfonamides is 1. The van der Waals surface area contributed by atoms with E-state index < -0.39 is 15.8 Å². The molecule has 1 amide bonds. The van der Waals surface area contributed by atoms with E-state index in [9.17, 15) is 17.6 Å². The van der Waals surface area contributed by atoms with Crippen LogP contribution in [0.25, 0.3) is 0 Å². The molecule has 0 aromatic heterocycles. The van der Waals surface area contributed by atoms with Crippen LogP contribution in [0.4, 0.5) is 4.39 Å². The molecule has 21 heavy (non-hydrogen) atoms. The number of nitrogens with two attached hydrogens (primary N) is 1. The lowest BCUT2D eigenvalue weighted by atomic mass is 10.2. The van der Waals surface area contributed by atoms with Gasteiger partial charge in [-0.05, 0) is 18.2 Å². The number of hydrogen-bond acceptors (Lipinski definition) is 4. The summed E-state index contributed by atoms with van der Waals surface area (Å²) < 4.78 is 39.4. The zero-order valence-corrected chi connectivity index (χ0v) is 11.9. The Morgan fingerprint density at radius 3 is 2.86 bits per heavy atom. The molecular weight excluding hydrogens is 297 g/mol. The van der Waals surface area contributed by atoms with Gasteiger partial charge in [0.05, 0.1) is 18.0 Å². The van der Waals surface area contributed by atoms with Gasteiger partial charge >= 0.3 is 0 Å². The van der Waals surface area contributed by atoms with Gasteiger partial charge in [0.2, 0.25) is 15.9 Å². The van der Waals surface area contributed by atoms with E-state index in [1.165, 1.54) is 0 Å². The highest BCUT2D eigenvalue weighted by Crippen LogP contribution is 2.21. The van der Waals surface area contributed by atoms with Crippen LogP contribution in [0.3, 0.4) is 0 Å². The van der Waals surface area contributed by atoms with Crippen LogP contribution in [-0.4, -0.2) is 44.8 Å². The first-order chi connectivity index (χ1) is 9.95. The Morgan fingerprint density at radius 1 is 1.43 bits per heavy atom. The fourth-order valence-corrected chi connectivity index (χ4v) is 3.46. The van der Waals surface area contributed by atoms with Crippen LogP contribution in [0.15, 0.2) is 23.1 Å². The maximum absolute atomic E-state index is 13.3. The smallest absolute Gasteiger partial charge is 0.244 e. The minimum Gasteiger partial charge on any atom is -0.354 e. The lowest BCUT2D eigenvalue weighted by molar-refractivity contribution is -0.122. The second-order valence-corrected chi connectivity index (χ2v) is 6.24. The second-order valence-electron chi connectivity index (χ2n) is 4.33. The minimum absolute atomic E-state index is 0.0299. The lowest BCUT2D eigenvalue weighted by Crippen LogP contribution is -2.49. The number of hydrogen-bond donors (Lipinski definition) is 2. The zero-order chi connectivity index (χ0) is 15.5. The molecular formula is C13H14FN3O3S. The Bertz CT molecular complexity index is 722. The summed E-state index contributed by atoms with van der Waals surface area (Å²) >= 11 is 0. The van der Waals surface area contributed by atoms with Crippen molar-refractivity contribution in [3.8, 4) is 11.8 Å². The van der Waals surface area contributed by atoms with Crippen LogP contribution in [-0.2, 0) is 14.8 Å². The average Bonchev–Trinajstić information content (AvgIpc) is 2.45. The van der Waals surface area contributed by atoms with Gasteiger partial charge in [0.1, 0.15) is 5.82 Å². The van der Waals surface area contributed by atoms with Gasteiger partial charge in [-0.25, -0.2) is 12.8 Å². The van der Waals surface area contributed by atoms with Gasteiger partial charge in [0.25, 0.3) is 0 Å². The van der Waals surface area contributed by atoms with Crippen LogP contribution < -0.4 is 11.1 Å². The Hall–Kier alpha value is -1.95. The molecule has 1 aromatic carbocycles. The van der Waals surface area contributed by atoms with Crippen molar-refractivity contribution in [3.63, 3.8) is 0 Å². The Labute approximate surface area is 122 Å². The standard InChI is InChI=1S/C13H14FN3O3S/c14-11-3-4-12(10(8-11)2-1-5-15)21(19,20)17-7-6-16-13(18)9-17/h3-4,8H,5-7,9,15H2,(H,16,18). The van der Waals surface area contributed by atoms with E-state index in [2.05, 4.69) is 17.2 Å². The summed E-state index contributed by atoms with van der Waals surface area (Å²) in [5.41, 5.74) is 5.29. The number of rotatable bonds is 2. The molecule has 8 heteroatoms. The van der Waals surface area contributed by atoms with Crippen molar-refractivity contribution in [1.29, 1.82) is 0 Å². The van der Waals surface area contributed by atoms with Crippen LogP contribution in [0.5, 0.6) is 0 Å². The summed E-state index contributed by atoms with van der Waals surface area (Å²) in [6.45, 7) is 0.171. The van der Waals surface area contributed by atoms with E-state index in [4.69, 9.17) is 5.73 Å². The molecule has 1 aromatic rings. The van der Waals surface area contributed by atoms with E-state index in [-0.39, 0.29) is 42.5 Å². The van der Waals surface area contributed by atoms with Gasteiger partial charge in [0.15, 0.2) is 0 Å². The van der Waals surface area contributed by atoms with Crippen molar-refractivity contribution >= 4 is 15.9 Å². The van der Waals surface area contributed by atoms with Crippen LogP contribution >= 0.6 is 0 Å². The van der Waals surface area contributed by atoms with Crippen molar-refractivity contribution in [2.75, 3.05) is 26.2 Å². The summed E-state index contributed by atoms with van der Waals surface area (Å²) in [5, 5.41) is 2.54. The van der Waals surface area contributed by atoms with Gasteiger partial charge in [-0.15, -0.1) is 0 Å². The van der Waals surface area contributed by atoms with Gasteiger partial charge < -0.3 is 11.1 Å². The van der Waals surface area contributed by atoms with Crippen molar-refractivity contribution in [2.45, 2.75) is 4.90 Å². The number of halogens is 1. The van der Waals surface area contributed by atoms with E-state index >= 15 is 0 Å². The van der Waals surface area contributed by atoms with Crippen molar-refractivity contribution in [1.82, 2.24) is 9.62 Å². The van der Waals surface area contributed by atoms with Crippen molar-refractivity contribution in [2.24, 2.45) is 5.73 Å². The first kappa shape index (κ1) is 15.4. The highest BCUT2D eigenvalue weighted by atomic mass is 32.2. The maximum Gasteiger partial charge on any atom is 0.244 e. The van der Waals surface area contributed by atoms with Crippen molar-refractivity contribution < 1.29 is 17.6 Å². The number of carbonyl (C=O) groups excluding carboxylic acids is 1. The number of benzene rings is 1. The number of nitrogens with zero attached hydrogens (tertiary/aromatic N) is 1. The molecule has 112 valence electrons. The number of amides is 1. The fraction of sp³-hybridized carbons (Fsp3) is 0.308. The van der Waals surface area contributed by atoms with Crippen molar-refractivity contribution in [3.05, 3.63) is 29.6 Å². The molecule has 6 nitrogen and oxygen atoms in total. The number of nitrogens with one attached hydrogen (secondary N) is 1. The normalized spacial score (nSPS) is 16.0. The van der Waals surface area contributed by atoms with Crippen LogP contribution in [0, 0.1) is 17.7 Å². The first-order valence-corrected chi connectivity index (χ1v) is 7.64. The molecule has 1 heterocycles. The summed E-state index contributed by atoms with van der Waals surface area (Å²) in [5.74, 6) is 4.09. The van der Waals surface area contributed by atoms with E-state index in [0.29, 0.717) is 0 Å². The molecule has 2 rings (SSSR count). The SMILES string of the molecule is NCC#Cc1cc(F)ccc1S(=O)(=O)N1CCNC(=O)C1. The monoisotopic (exact) mass is 311 g/mol. The molecule has 0 atom stereocenters. The average molecular weight is 311 g/mol. The fourth-order valence-electron chi connectivity index (χ4n) is 1.93. The molecule has 3 N–H and O–H groups in total. The summed E-state index contributed by atoms with van der Waals surface area (Å²) in [6.07, 6.45) is 0. The van der Waals surface area contributed by atoms with Crippen LogP contribution in [0.2, 0.25) is 0 Å². The summed E-state index contributed by atoms with van der Waals surface area (Å²) in [7, 11) is -3.91. The molecule has 0 bridgehead atoms. The zero-order valence-electron chi connectivity index (χ0n) is 11.1. The minimum atomic E-state index is -3.91. The molecule has 0 unspecified atom stereocenters. The number of piperazine rings is 1. The third kappa shape index (κ3) is 3.39. The third-order valence-corrected chi connectivity index (χ3v) is 4.79. The highest BCUT2D eigenvalue weighted by molar-refractivity contribution is 7.89. The Morgan fingerprint density at radius 2 is 2.19 bits per heavy atom. The van der Waals surface area contributed by atoms with Gasteiger partial charge in [-0.3, -0.25) is 4.79 Å². The third-order valence-electron chi connectivity index (χ3n) is 2.89. The molecule has 0 spiro atoms. The Balaban J connectivity index is 2.46. The highest BCUT2D eigenvalue weighted by Gasteiger charge is 2.30. The molecule has 1 aliphatic rings. The molecule has 1 fully saturated rings. The summed E-state index contributed by atoms with van der Waals surface area (Å²) in [4.78, 5) is 11.2. The molecule has 1 saturated heterocycles. The van der Waals surface area contributed by atoms with E-state index in [0.717, 1.165) is 22.5 Å². The van der Waals surface area contributed by atoms with E-state index in [1.807, 2.05) is 0 Å². The predicted octanol–water partition coefficient (Wildman–Crippen LogP) is -0.744. The number of carbonyl (C=O) groups is 1. The van der Waals surface area contributed by atoms with Crippen LogP contribution in [0.1, 0.15) is 5.56 Å². The lowest BCUT2D eigenvalue weighted by Gasteiger charge is -2.26. The second kappa shape index (κ2) is 6.22. The molecule has 0 saturated carbocycles. The maximum atomic E-state index is 13.3. The Kier molecular flexibility index (Phi) is 4.57. The largest absolute Gasteiger partial charge is 0.354 e. The first-order valence-electron chi connectivity index (χ1n) is 6.20. The quantitative estimate of drug-likeness (QED) is 0.703. The van der Waals surface area contributed by atoms with Gasteiger partial charge in [-0.2, -0.15) is 4.31 Å². The summed E-state index contributed by atoms with van der Waals surface area (Å²) in [6, 6.07) is 3.24. The molecule has 0 aliphatic carbocycles. The topological polar surface area (TPSA) is 92.5 Å². The van der Waals surface area contributed by atoms with Gasteiger partial charge in [-0.1, -0.05) is 11.8 Å². The van der Waals surface area contributed by atoms with E-state index in [1.54, 1.807) is 0 Å². The van der Waals surface area contributed by atoms with Gasteiger partial charge in [0, 0.05) is 18.7 Å².